The number of carbonyl (C=O) groups excluding carboxylic acids is 3. The van der Waals surface area contributed by atoms with E-state index in [-0.39, 0.29) is 34.4 Å². The number of rotatable bonds is 8. The van der Waals surface area contributed by atoms with Crippen molar-refractivity contribution in [3.63, 3.8) is 0 Å². The molecule has 1 aromatic rings. The second kappa shape index (κ2) is 10.6. The van der Waals surface area contributed by atoms with E-state index < -0.39 is 28.7 Å². The molecule has 7 atom stereocenters. The predicted molar refractivity (Wildman–Crippen MR) is 141 cm³/mol. The number of hydrogen-bond acceptors (Lipinski definition) is 7. The van der Waals surface area contributed by atoms with Crippen molar-refractivity contribution in [3.8, 4) is 0 Å². The van der Waals surface area contributed by atoms with Crippen molar-refractivity contribution in [3.05, 3.63) is 30.3 Å². The quantitative estimate of drug-likeness (QED) is 0.392. The van der Waals surface area contributed by atoms with Gasteiger partial charge in [0.2, 0.25) is 17.7 Å². The number of alkyl halides is 1. The number of nitrogens with zero attached hydrogens (tertiary/aromatic N) is 2. The fraction of sp³-hybridized carbons (Fsp3) is 0.640. The number of carbonyl (C=O) groups is 3. The molecule has 3 amide bonds. The molecule has 0 aromatic heterocycles. The first-order valence-corrected chi connectivity index (χ1v) is 14.4. The Balaban J connectivity index is 1.39. The highest BCUT2D eigenvalue weighted by molar-refractivity contribution is 9.09. The van der Waals surface area contributed by atoms with Gasteiger partial charge < -0.3 is 25.4 Å². The molecule has 36 heavy (non-hydrogen) atoms. The fourth-order valence-corrected chi connectivity index (χ4v) is 9.83. The van der Waals surface area contributed by atoms with Crippen LogP contribution in [0.2, 0.25) is 0 Å². The van der Waals surface area contributed by atoms with Gasteiger partial charge in [-0.05, 0) is 25.5 Å². The van der Waals surface area contributed by atoms with E-state index in [1.165, 1.54) is 0 Å². The molecular weight excluding hydrogens is 548 g/mol. The van der Waals surface area contributed by atoms with Crippen LogP contribution in [0.3, 0.4) is 0 Å². The lowest BCUT2D eigenvalue weighted by atomic mass is 9.70. The number of amides is 3. The maximum atomic E-state index is 13.9. The summed E-state index contributed by atoms with van der Waals surface area (Å²) in [6.07, 6.45) is 0.615. The number of aliphatic hydroxyl groups is 1. The monoisotopic (exact) mass is 580 g/mol. The van der Waals surface area contributed by atoms with Crippen LogP contribution in [-0.4, -0.2) is 106 Å². The molecular formula is C25H33BrN4O5S. The van der Waals surface area contributed by atoms with Crippen molar-refractivity contribution in [1.82, 2.24) is 15.1 Å². The third kappa shape index (κ3) is 4.47. The number of para-hydroxylation sites is 1. The molecule has 5 rings (SSSR count). The van der Waals surface area contributed by atoms with Crippen LogP contribution in [0.5, 0.6) is 0 Å². The van der Waals surface area contributed by atoms with Crippen molar-refractivity contribution >= 4 is 51.1 Å². The molecule has 4 saturated heterocycles. The van der Waals surface area contributed by atoms with Crippen LogP contribution in [0.1, 0.15) is 13.3 Å². The zero-order chi connectivity index (χ0) is 25.4. The first kappa shape index (κ1) is 26.0. The molecule has 1 spiro atoms. The van der Waals surface area contributed by atoms with E-state index in [9.17, 15) is 19.5 Å². The average molecular weight is 582 g/mol. The number of hydrogen-bond donors (Lipinski definition) is 3. The minimum absolute atomic E-state index is 0.00565. The van der Waals surface area contributed by atoms with Gasteiger partial charge >= 0.3 is 0 Å². The number of thioether (sulfide) groups is 1. The Morgan fingerprint density at radius 3 is 2.67 bits per heavy atom. The molecule has 9 nitrogen and oxygen atoms in total. The lowest BCUT2D eigenvalue weighted by Crippen LogP contribution is -2.57. The van der Waals surface area contributed by atoms with Crippen molar-refractivity contribution in [2.45, 2.75) is 40.3 Å². The van der Waals surface area contributed by atoms with E-state index in [1.54, 1.807) is 23.6 Å². The van der Waals surface area contributed by atoms with E-state index in [0.29, 0.717) is 38.4 Å². The molecule has 3 N–H and O–H groups in total. The standard InChI is InChI=1S/C25H33BrN4O5S/c1-15(14-31)30-21(23(33)27-7-8-29-9-11-35-12-10-29)25-13-17(26)20(36-25)18(19(25)24(30)34)22(32)28-16-5-3-2-4-6-16/h2-6,15,17-21,31H,7-14H2,1H3,(H,27,33)(H,28,32)/t15-,17?,18-,19+,20-,21?,25?/m1/s1. The maximum absolute atomic E-state index is 13.9. The summed E-state index contributed by atoms with van der Waals surface area (Å²) in [4.78, 5) is 44.9. The maximum Gasteiger partial charge on any atom is 0.244 e. The largest absolute Gasteiger partial charge is 0.394 e. The highest BCUT2D eigenvalue weighted by Crippen LogP contribution is 2.68. The zero-order valence-electron chi connectivity index (χ0n) is 20.3. The summed E-state index contributed by atoms with van der Waals surface area (Å²) >= 11 is 5.36. The number of fused-ring (bicyclic) bond motifs is 1. The number of anilines is 1. The van der Waals surface area contributed by atoms with Crippen molar-refractivity contribution < 1.29 is 24.2 Å². The minimum atomic E-state index is -0.744. The van der Waals surface area contributed by atoms with Gasteiger partial charge in [0, 0.05) is 41.9 Å². The Bertz CT molecular complexity index is 996. The van der Waals surface area contributed by atoms with Gasteiger partial charge in [0.1, 0.15) is 6.04 Å². The first-order chi connectivity index (χ1) is 17.4. The van der Waals surface area contributed by atoms with Crippen LogP contribution < -0.4 is 10.6 Å². The van der Waals surface area contributed by atoms with Crippen LogP contribution in [0.4, 0.5) is 5.69 Å². The van der Waals surface area contributed by atoms with Crippen LogP contribution in [0.25, 0.3) is 0 Å². The van der Waals surface area contributed by atoms with Gasteiger partial charge in [-0.2, -0.15) is 0 Å². The van der Waals surface area contributed by atoms with E-state index >= 15 is 0 Å². The van der Waals surface area contributed by atoms with Crippen molar-refractivity contribution in [1.29, 1.82) is 0 Å². The number of likely N-dealkylation sites (tertiary alicyclic amines) is 1. The third-order valence-corrected chi connectivity index (χ3v) is 11.1. The van der Waals surface area contributed by atoms with Gasteiger partial charge in [0.25, 0.3) is 0 Å². The molecule has 11 heteroatoms. The highest BCUT2D eigenvalue weighted by atomic mass is 79.9. The highest BCUT2D eigenvalue weighted by Gasteiger charge is 2.75. The summed E-state index contributed by atoms with van der Waals surface area (Å²) in [5.41, 5.74) is 0.680. The average Bonchev–Trinajstić information content (AvgIpc) is 3.48. The van der Waals surface area contributed by atoms with E-state index in [0.717, 1.165) is 13.1 Å². The molecule has 2 bridgehead atoms. The molecule has 4 aliphatic heterocycles. The topological polar surface area (TPSA) is 111 Å². The Hall–Kier alpha value is -1.66. The Kier molecular flexibility index (Phi) is 7.65. The third-order valence-electron chi connectivity index (χ3n) is 7.89. The van der Waals surface area contributed by atoms with Crippen LogP contribution in [0, 0.1) is 11.8 Å². The Morgan fingerprint density at radius 1 is 1.25 bits per heavy atom. The van der Waals surface area contributed by atoms with E-state index in [1.807, 2.05) is 30.3 Å². The Morgan fingerprint density at radius 2 is 1.97 bits per heavy atom. The van der Waals surface area contributed by atoms with Crippen LogP contribution >= 0.6 is 27.7 Å². The van der Waals surface area contributed by atoms with Gasteiger partial charge in [-0.25, -0.2) is 0 Å². The number of benzene rings is 1. The van der Waals surface area contributed by atoms with Gasteiger partial charge in [-0.3, -0.25) is 19.3 Å². The number of nitrogens with one attached hydrogen (secondary N) is 2. The lowest BCUT2D eigenvalue weighted by Gasteiger charge is -2.36. The molecule has 1 aromatic carbocycles. The fourth-order valence-electron chi connectivity index (χ4n) is 6.23. The number of aliphatic hydroxyl groups excluding tert-OH is 1. The predicted octanol–water partition coefficient (Wildman–Crippen LogP) is 0.919. The number of halogens is 1. The van der Waals surface area contributed by atoms with Gasteiger partial charge in [-0.15, -0.1) is 11.8 Å². The molecule has 4 heterocycles. The summed E-state index contributed by atoms with van der Waals surface area (Å²) in [7, 11) is 0. The minimum Gasteiger partial charge on any atom is -0.394 e. The molecule has 0 aliphatic carbocycles. The van der Waals surface area contributed by atoms with Crippen LogP contribution in [-0.2, 0) is 19.1 Å². The molecule has 196 valence electrons. The smallest absolute Gasteiger partial charge is 0.244 e. The first-order valence-electron chi connectivity index (χ1n) is 12.6. The van der Waals surface area contributed by atoms with Crippen molar-refractivity contribution in [2.24, 2.45) is 11.8 Å². The molecule has 3 unspecified atom stereocenters. The molecule has 4 aliphatic rings. The summed E-state index contributed by atoms with van der Waals surface area (Å²) in [6.45, 7) is 5.72. The summed E-state index contributed by atoms with van der Waals surface area (Å²) in [5.74, 6) is -1.81. The van der Waals surface area contributed by atoms with Crippen LogP contribution in [0.15, 0.2) is 30.3 Å². The number of ether oxygens (including phenoxy) is 1. The van der Waals surface area contributed by atoms with Gasteiger partial charge in [0.15, 0.2) is 0 Å². The lowest BCUT2D eigenvalue weighted by molar-refractivity contribution is -0.141. The SMILES string of the molecule is C[C@H](CO)N1C(=O)[C@@H]2[C@@H](C(=O)Nc3ccccc3)[C@@H]3SC2(CC3Br)C1C(=O)NCCN1CCOCC1. The van der Waals surface area contributed by atoms with Gasteiger partial charge in [-0.1, -0.05) is 34.1 Å². The second-order valence-corrected chi connectivity index (χ2v) is 12.8. The molecule has 0 saturated carbocycles. The number of morpholine rings is 1. The van der Waals surface area contributed by atoms with Crippen molar-refractivity contribution in [2.75, 3.05) is 51.3 Å². The summed E-state index contributed by atoms with van der Waals surface area (Å²) in [6, 6.07) is 7.95. The second-order valence-electron chi connectivity index (χ2n) is 10.0. The summed E-state index contributed by atoms with van der Waals surface area (Å²) in [5, 5.41) is 15.9. The van der Waals surface area contributed by atoms with E-state index in [2.05, 4.69) is 31.5 Å². The van der Waals surface area contributed by atoms with Gasteiger partial charge in [0.05, 0.1) is 42.4 Å². The molecule has 4 fully saturated rings. The van der Waals surface area contributed by atoms with E-state index in [4.69, 9.17) is 4.74 Å². The molecule has 0 radical (unpaired) electrons. The Labute approximate surface area is 223 Å². The normalized spacial score (nSPS) is 34.5. The zero-order valence-corrected chi connectivity index (χ0v) is 22.7. The summed E-state index contributed by atoms with van der Waals surface area (Å²) < 4.78 is 4.67.